The summed E-state index contributed by atoms with van der Waals surface area (Å²) in [6.45, 7) is 0. The van der Waals surface area contributed by atoms with E-state index in [0.717, 1.165) is 18.4 Å². The van der Waals surface area contributed by atoms with Gasteiger partial charge in [0, 0.05) is 11.6 Å². The fourth-order valence-corrected chi connectivity index (χ4v) is 3.03. The van der Waals surface area contributed by atoms with Gasteiger partial charge in [0.15, 0.2) is 5.82 Å². The van der Waals surface area contributed by atoms with Crippen molar-refractivity contribution < 1.29 is 0 Å². The van der Waals surface area contributed by atoms with Gasteiger partial charge < -0.3 is 11.1 Å². The number of nitrogens with zero attached hydrogens (tertiary/aromatic N) is 5. The average molecular weight is 309 g/mol. The molecule has 0 saturated heterocycles. The highest BCUT2D eigenvalue weighted by molar-refractivity contribution is 5.58. The molecule has 0 atom stereocenters. The first-order valence-corrected chi connectivity index (χ1v) is 8.02. The first kappa shape index (κ1) is 13.9. The van der Waals surface area contributed by atoms with Gasteiger partial charge in [0.1, 0.15) is 0 Å². The molecule has 0 bridgehead atoms. The number of benzene rings is 1. The number of hydrogen-bond acceptors (Lipinski definition) is 6. The number of nitrogens with two attached hydrogens (primary N) is 1. The molecule has 0 unspecified atom stereocenters. The van der Waals surface area contributed by atoms with Gasteiger partial charge in [-0.1, -0.05) is 49.6 Å². The van der Waals surface area contributed by atoms with Crippen LogP contribution in [0.4, 0.5) is 11.9 Å². The molecule has 2 heterocycles. The molecule has 1 aromatic carbocycles. The first-order chi connectivity index (χ1) is 11.3. The van der Waals surface area contributed by atoms with Crippen molar-refractivity contribution >= 4 is 17.7 Å². The molecule has 7 heteroatoms. The predicted molar refractivity (Wildman–Crippen MR) is 88.9 cm³/mol. The molecule has 0 aliphatic heterocycles. The zero-order valence-corrected chi connectivity index (χ0v) is 12.8. The second-order valence-corrected chi connectivity index (χ2v) is 5.90. The highest BCUT2D eigenvalue weighted by Gasteiger charge is 2.18. The van der Waals surface area contributed by atoms with E-state index in [1.165, 1.54) is 19.3 Å². The minimum absolute atomic E-state index is 0.211. The molecule has 118 valence electrons. The number of fused-ring (bicyclic) bond motifs is 1. The molecule has 1 aliphatic carbocycles. The van der Waals surface area contributed by atoms with Gasteiger partial charge in [0.2, 0.25) is 11.9 Å². The van der Waals surface area contributed by atoms with Crippen LogP contribution in [0, 0.1) is 0 Å². The summed E-state index contributed by atoms with van der Waals surface area (Å²) in [6.07, 6.45) is 6.08. The van der Waals surface area contributed by atoms with E-state index in [1.807, 2.05) is 30.3 Å². The molecule has 2 aromatic heterocycles. The number of anilines is 2. The Labute approximate surface area is 134 Å². The maximum atomic E-state index is 5.83. The van der Waals surface area contributed by atoms with Gasteiger partial charge in [-0.25, -0.2) is 0 Å². The third-order valence-electron chi connectivity index (χ3n) is 4.20. The van der Waals surface area contributed by atoms with Gasteiger partial charge in [-0.2, -0.15) is 19.5 Å². The van der Waals surface area contributed by atoms with Crippen LogP contribution < -0.4 is 11.1 Å². The smallest absolute Gasteiger partial charge is 0.259 e. The van der Waals surface area contributed by atoms with Crippen LogP contribution in [-0.2, 0) is 0 Å². The lowest BCUT2D eigenvalue weighted by Gasteiger charge is -2.23. The Morgan fingerprint density at radius 3 is 2.57 bits per heavy atom. The van der Waals surface area contributed by atoms with Gasteiger partial charge >= 0.3 is 0 Å². The number of hydrogen-bond donors (Lipinski definition) is 2. The fourth-order valence-electron chi connectivity index (χ4n) is 3.03. The summed E-state index contributed by atoms with van der Waals surface area (Å²) in [5, 5.41) is 8.01. The molecule has 3 aromatic rings. The quantitative estimate of drug-likeness (QED) is 0.772. The topological polar surface area (TPSA) is 94.0 Å². The van der Waals surface area contributed by atoms with E-state index >= 15 is 0 Å². The highest BCUT2D eigenvalue weighted by atomic mass is 15.4. The van der Waals surface area contributed by atoms with Crippen molar-refractivity contribution in [3.63, 3.8) is 0 Å². The Morgan fingerprint density at radius 2 is 1.78 bits per heavy atom. The van der Waals surface area contributed by atoms with Crippen LogP contribution in [0.25, 0.3) is 17.2 Å². The third-order valence-corrected chi connectivity index (χ3v) is 4.20. The molecule has 0 spiro atoms. The summed E-state index contributed by atoms with van der Waals surface area (Å²) >= 11 is 0. The zero-order chi connectivity index (χ0) is 15.6. The molecule has 23 heavy (non-hydrogen) atoms. The Morgan fingerprint density at radius 1 is 1.00 bits per heavy atom. The molecule has 0 amide bonds. The van der Waals surface area contributed by atoms with Gasteiger partial charge in [-0.15, -0.1) is 5.10 Å². The molecule has 0 radical (unpaired) electrons. The van der Waals surface area contributed by atoms with Gasteiger partial charge in [-0.3, -0.25) is 0 Å². The number of rotatable bonds is 3. The predicted octanol–water partition coefficient (Wildman–Crippen LogP) is 2.51. The summed E-state index contributed by atoms with van der Waals surface area (Å²) in [5.74, 6) is 1.92. The van der Waals surface area contributed by atoms with Crippen molar-refractivity contribution in [1.82, 2.24) is 24.6 Å². The zero-order valence-electron chi connectivity index (χ0n) is 12.8. The summed E-state index contributed by atoms with van der Waals surface area (Å²) in [6, 6.07) is 10.2. The third kappa shape index (κ3) is 2.81. The molecule has 1 aliphatic rings. The lowest BCUT2D eigenvalue weighted by Crippen LogP contribution is -2.25. The van der Waals surface area contributed by atoms with E-state index in [1.54, 1.807) is 4.52 Å². The normalized spacial score (nSPS) is 15.8. The Kier molecular flexibility index (Phi) is 3.53. The van der Waals surface area contributed by atoms with Crippen LogP contribution in [0.1, 0.15) is 32.1 Å². The minimum Gasteiger partial charge on any atom is -0.368 e. The molecular formula is C16H19N7. The van der Waals surface area contributed by atoms with Crippen molar-refractivity contribution in [2.45, 2.75) is 38.1 Å². The van der Waals surface area contributed by atoms with Crippen LogP contribution in [0.15, 0.2) is 30.3 Å². The molecule has 3 N–H and O–H groups in total. The Bertz CT molecular complexity index is 806. The van der Waals surface area contributed by atoms with E-state index in [9.17, 15) is 0 Å². The minimum atomic E-state index is 0.211. The van der Waals surface area contributed by atoms with Crippen LogP contribution in [0.3, 0.4) is 0 Å². The van der Waals surface area contributed by atoms with Crippen LogP contribution >= 0.6 is 0 Å². The number of aromatic nitrogens is 5. The Hall–Kier alpha value is -2.70. The van der Waals surface area contributed by atoms with E-state index in [2.05, 4.69) is 25.4 Å². The summed E-state index contributed by atoms with van der Waals surface area (Å²) < 4.78 is 1.65. The highest BCUT2D eigenvalue weighted by Crippen LogP contribution is 2.22. The SMILES string of the molecule is Nc1nc(NC2CCCCC2)n2nc(-c3ccccc3)nc2n1. The van der Waals surface area contributed by atoms with E-state index in [4.69, 9.17) is 5.73 Å². The van der Waals surface area contributed by atoms with Crippen LogP contribution in [-0.4, -0.2) is 30.6 Å². The van der Waals surface area contributed by atoms with Crippen molar-refractivity contribution in [3.8, 4) is 11.4 Å². The fraction of sp³-hybridized carbons (Fsp3) is 0.375. The lowest BCUT2D eigenvalue weighted by atomic mass is 9.96. The standard InChI is InChI=1S/C16H19N7/c17-14-20-15(18-12-9-5-2-6-10-12)23-16(21-14)19-13(22-23)11-7-3-1-4-8-11/h1,3-4,7-8,12H,2,5-6,9-10H2,(H3,17,18,19,20,21,22). The van der Waals surface area contributed by atoms with Crippen molar-refractivity contribution in [3.05, 3.63) is 30.3 Å². The van der Waals surface area contributed by atoms with Crippen molar-refractivity contribution in [2.24, 2.45) is 0 Å². The second kappa shape index (κ2) is 5.83. The largest absolute Gasteiger partial charge is 0.368 e. The van der Waals surface area contributed by atoms with E-state index in [-0.39, 0.29) is 5.95 Å². The van der Waals surface area contributed by atoms with E-state index in [0.29, 0.717) is 23.6 Å². The maximum Gasteiger partial charge on any atom is 0.259 e. The first-order valence-electron chi connectivity index (χ1n) is 8.02. The van der Waals surface area contributed by atoms with Gasteiger partial charge in [0.25, 0.3) is 5.78 Å². The maximum absolute atomic E-state index is 5.83. The second-order valence-electron chi connectivity index (χ2n) is 5.90. The summed E-state index contributed by atoms with van der Waals surface area (Å²) in [7, 11) is 0. The average Bonchev–Trinajstić information content (AvgIpc) is 3.01. The lowest BCUT2D eigenvalue weighted by molar-refractivity contribution is 0.460. The molecule has 1 fully saturated rings. The van der Waals surface area contributed by atoms with Crippen molar-refractivity contribution in [1.29, 1.82) is 0 Å². The van der Waals surface area contributed by atoms with E-state index < -0.39 is 0 Å². The van der Waals surface area contributed by atoms with Gasteiger partial charge in [0.05, 0.1) is 0 Å². The van der Waals surface area contributed by atoms with Crippen LogP contribution in [0.2, 0.25) is 0 Å². The Balaban J connectivity index is 1.73. The molecular weight excluding hydrogens is 290 g/mol. The number of nitrogens with one attached hydrogen (secondary N) is 1. The summed E-state index contributed by atoms with van der Waals surface area (Å²) in [5.41, 5.74) is 6.78. The molecule has 1 saturated carbocycles. The number of nitrogen functional groups attached to an aromatic ring is 1. The molecule has 7 nitrogen and oxygen atoms in total. The van der Waals surface area contributed by atoms with Gasteiger partial charge in [-0.05, 0) is 12.8 Å². The van der Waals surface area contributed by atoms with Crippen molar-refractivity contribution in [2.75, 3.05) is 11.1 Å². The summed E-state index contributed by atoms with van der Waals surface area (Å²) in [4.78, 5) is 13.0. The molecule has 4 rings (SSSR count). The monoisotopic (exact) mass is 309 g/mol. The van der Waals surface area contributed by atoms with Crippen LogP contribution in [0.5, 0.6) is 0 Å².